The van der Waals surface area contributed by atoms with Crippen LogP contribution in [0.15, 0.2) is 0 Å². The molecule has 70 heavy (non-hydrogen) atoms. The summed E-state index contributed by atoms with van der Waals surface area (Å²) in [5.41, 5.74) is 2.47. The summed E-state index contributed by atoms with van der Waals surface area (Å²) in [6.45, 7) is 50.4. The van der Waals surface area contributed by atoms with Gasteiger partial charge < -0.3 is 0 Å². The minimum absolute atomic E-state index is 0. The Labute approximate surface area is 438 Å². The second-order valence-electron chi connectivity index (χ2n) is 32.0. The highest BCUT2D eigenvalue weighted by atomic mass is 15.3. The number of rotatable bonds is 0. The van der Waals surface area contributed by atoms with Gasteiger partial charge in [0.05, 0.1) is 0 Å². The lowest BCUT2D eigenvalue weighted by Gasteiger charge is -2.59. The van der Waals surface area contributed by atoms with Crippen LogP contribution in [0.2, 0.25) is 0 Å². The molecule has 5 saturated carbocycles. The molecule has 15 aliphatic rings. The van der Waals surface area contributed by atoms with Gasteiger partial charge >= 0.3 is 0 Å². The Balaban J connectivity index is 0.000000137. The van der Waals surface area contributed by atoms with Crippen molar-refractivity contribution in [1.29, 1.82) is 0 Å². The van der Waals surface area contributed by atoms with E-state index in [2.05, 4.69) is 154 Å². The third-order valence-corrected chi connectivity index (χ3v) is 20.3. The molecule has 6 heteroatoms. The molecule has 8 unspecified atom stereocenters. The lowest BCUT2D eigenvalue weighted by molar-refractivity contribution is -0.0899. The van der Waals surface area contributed by atoms with Crippen molar-refractivity contribution < 1.29 is 0 Å². The van der Waals surface area contributed by atoms with Crippen LogP contribution in [0.5, 0.6) is 0 Å². The quantitative estimate of drug-likeness (QED) is 0.239. The maximum Gasteiger partial charge on any atom is 0.0130 e. The van der Waals surface area contributed by atoms with Crippen molar-refractivity contribution in [2.24, 2.45) is 35.5 Å². The highest BCUT2D eigenvalue weighted by molar-refractivity contribution is 5.03. The highest BCUT2D eigenvalue weighted by Gasteiger charge is 2.47. The molecule has 0 aromatic rings. The Bertz CT molecular complexity index is 1500. The van der Waals surface area contributed by atoms with Crippen LogP contribution < -0.4 is 0 Å². The number of fused-ring (bicyclic) bond motifs is 13. The molecule has 0 amide bonds. The standard InChI is InChI=1S/3C11H21N.3C10H19N.CH4/c1-11(2,3)12-8-9-4-6-10(12)7-5-9;1-11(2,3)12-7-9-4-5-10(6-9)8-12;1-11(2,3)12-9-5-4-6-10(12)8-7-9;1-10(2,3)11-6-8-4-9(5-8)7-11;1-10(2,3)11-7-8-4-5-9(11)6-8;1-10(2,3)11-8-5-4-6-9(11)7-8;/h3*9-10H,4-8H2,1-3H3;3*8-9H,4-7H2,1-3H3;1H4. The Hall–Kier alpha value is -0.240. The normalized spacial score (nSPS) is 37.3. The first-order valence-electron chi connectivity index (χ1n) is 30.5. The van der Waals surface area contributed by atoms with E-state index in [0.29, 0.717) is 33.2 Å². The zero-order valence-electron chi connectivity index (χ0n) is 49.7. The summed E-state index contributed by atoms with van der Waals surface area (Å²) in [5.74, 6) is 6.22. The van der Waals surface area contributed by atoms with Crippen LogP contribution in [0.1, 0.15) is 267 Å². The molecule has 0 spiro atoms. The Morgan fingerprint density at radius 2 is 0.557 bits per heavy atom. The van der Waals surface area contributed by atoms with E-state index < -0.39 is 0 Å². The van der Waals surface area contributed by atoms with Crippen LogP contribution in [0, 0.1) is 35.5 Å². The molecule has 410 valence electrons. The number of piperidine rings is 8. The van der Waals surface area contributed by atoms with E-state index >= 15 is 0 Å². The largest absolute Gasteiger partial charge is 0.298 e. The Morgan fingerprint density at radius 1 is 0.243 bits per heavy atom. The molecular formula is C64H124N6. The average molecular weight is 978 g/mol. The van der Waals surface area contributed by atoms with Gasteiger partial charge in [0.1, 0.15) is 0 Å². The van der Waals surface area contributed by atoms with E-state index in [1.54, 1.807) is 0 Å². The number of hydrogen-bond acceptors (Lipinski definition) is 6. The maximum absolute atomic E-state index is 2.77. The molecular weight excluding hydrogens is 853 g/mol. The van der Waals surface area contributed by atoms with Gasteiger partial charge in [-0.2, -0.15) is 0 Å². The third kappa shape index (κ3) is 15.2. The van der Waals surface area contributed by atoms with Crippen LogP contribution in [-0.4, -0.2) is 138 Å². The summed E-state index contributed by atoms with van der Waals surface area (Å²) in [5, 5.41) is 0. The van der Waals surface area contributed by atoms with Crippen LogP contribution in [0.4, 0.5) is 0 Å². The number of likely N-dealkylation sites (tertiary alicyclic amines) is 2. The summed E-state index contributed by atoms with van der Waals surface area (Å²) in [6, 6.07) is 5.56. The van der Waals surface area contributed by atoms with Gasteiger partial charge in [0.2, 0.25) is 0 Å². The van der Waals surface area contributed by atoms with E-state index in [9.17, 15) is 0 Å². The van der Waals surface area contributed by atoms with Gasteiger partial charge in [-0.1, -0.05) is 20.3 Å². The first-order valence-corrected chi connectivity index (χ1v) is 30.5. The molecule has 6 nitrogen and oxygen atoms in total. The zero-order chi connectivity index (χ0) is 50.5. The van der Waals surface area contributed by atoms with Crippen LogP contribution >= 0.6 is 0 Å². The molecule has 8 atom stereocenters. The molecule has 0 radical (unpaired) electrons. The predicted octanol–water partition coefficient (Wildman–Crippen LogP) is 15.4. The van der Waals surface area contributed by atoms with Gasteiger partial charge in [0.25, 0.3) is 0 Å². The second-order valence-corrected chi connectivity index (χ2v) is 32.0. The SMILES string of the molecule is C.CC(C)(C)N1C2CCCC1C2.CC(C)(C)N1C2CCCC1CC2.CC(C)(C)N1CC2CC(C2)C1.CC(C)(C)N1CC2CCC(C2)C1.CC(C)(C)N1CC2CCC1C2.CC(C)(C)N1CC2CCC1CC2. The fourth-order valence-electron chi connectivity index (χ4n) is 16.9. The second kappa shape index (κ2) is 23.2. The monoisotopic (exact) mass is 977 g/mol. The van der Waals surface area contributed by atoms with E-state index in [1.165, 1.54) is 174 Å². The lowest BCUT2D eigenvalue weighted by Crippen LogP contribution is -2.65. The minimum Gasteiger partial charge on any atom is -0.298 e. The molecule has 0 aromatic carbocycles. The summed E-state index contributed by atoms with van der Waals surface area (Å²) >= 11 is 0. The number of hydrogen-bond donors (Lipinski definition) is 0. The third-order valence-electron chi connectivity index (χ3n) is 20.3. The van der Waals surface area contributed by atoms with Crippen LogP contribution in [0.3, 0.4) is 0 Å². The Kier molecular flexibility index (Phi) is 19.5. The first-order chi connectivity index (χ1) is 31.9. The summed E-state index contributed by atoms with van der Waals surface area (Å²) < 4.78 is 0. The predicted molar refractivity (Wildman–Crippen MR) is 306 cm³/mol. The van der Waals surface area contributed by atoms with E-state index in [-0.39, 0.29) is 7.43 Å². The van der Waals surface area contributed by atoms with Crippen molar-refractivity contribution in [2.45, 2.75) is 336 Å². The molecule has 10 heterocycles. The summed E-state index contributed by atoms with van der Waals surface area (Å²) in [6.07, 6.45) is 31.1. The van der Waals surface area contributed by atoms with Gasteiger partial charge in [-0.3, -0.25) is 29.4 Å². The van der Waals surface area contributed by atoms with Crippen molar-refractivity contribution in [3.63, 3.8) is 0 Å². The van der Waals surface area contributed by atoms with Crippen LogP contribution in [0.25, 0.3) is 0 Å². The van der Waals surface area contributed by atoms with Crippen LogP contribution in [-0.2, 0) is 0 Å². The van der Waals surface area contributed by atoms with E-state index in [4.69, 9.17) is 0 Å². The van der Waals surface area contributed by atoms with Crippen molar-refractivity contribution >= 4 is 0 Å². The molecule has 10 aliphatic heterocycles. The average Bonchev–Trinajstić information content (AvgIpc) is 4.03. The number of nitrogens with zero attached hydrogens (tertiary/aromatic N) is 6. The zero-order valence-corrected chi connectivity index (χ0v) is 49.7. The molecule has 10 saturated heterocycles. The first kappa shape index (κ1) is 59.0. The van der Waals surface area contributed by atoms with Gasteiger partial charge in [-0.25, -0.2) is 0 Å². The van der Waals surface area contributed by atoms with E-state index in [0.717, 1.165) is 71.8 Å². The summed E-state index contributed by atoms with van der Waals surface area (Å²) in [7, 11) is 0. The highest BCUT2D eigenvalue weighted by Crippen LogP contribution is 2.45. The molecule has 0 N–H and O–H groups in total. The molecule has 12 bridgehead atoms. The topological polar surface area (TPSA) is 19.4 Å². The minimum atomic E-state index is 0. The van der Waals surface area contributed by atoms with Gasteiger partial charge in [-0.15, -0.1) is 0 Å². The van der Waals surface area contributed by atoms with Gasteiger partial charge in [-0.05, 0) is 282 Å². The molecule has 15 rings (SSSR count). The molecule has 5 aliphatic carbocycles. The Morgan fingerprint density at radius 3 is 0.829 bits per heavy atom. The smallest absolute Gasteiger partial charge is 0.0130 e. The van der Waals surface area contributed by atoms with Crippen molar-refractivity contribution in [1.82, 2.24) is 29.4 Å². The molecule has 15 fully saturated rings. The van der Waals surface area contributed by atoms with Crippen molar-refractivity contribution in [3.8, 4) is 0 Å². The van der Waals surface area contributed by atoms with E-state index in [1.807, 2.05) is 0 Å². The fraction of sp³-hybridized carbons (Fsp3) is 1.00. The van der Waals surface area contributed by atoms with Gasteiger partial charge in [0.15, 0.2) is 0 Å². The molecule has 0 aromatic heterocycles. The fourth-order valence-corrected chi connectivity index (χ4v) is 16.9. The van der Waals surface area contributed by atoms with Gasteiger partial charge in [0, 0.05) is 109 Å². The maximum atomic E-state index is 2.77. The van der Waals surface area contributed by atoms with Crippen molar-refractivity contribution in [3.05, 3.63) is 0 Å². The van der Waals surface area contributed by atoms with Crippen molar-refractivity contribution in [2.75, 3.05) is 39.3 Å². The summed E-state index contributed by atoms with van der Waals surface area (Å²) in [4.78, 5) is 16.2. The lowest BCUT2D eigenvalue weighted by atomic mass is 9.70.